The third kappa shape index (κ3) is 3.53. The Kier molecular flexibility index (Phi) is 4.80. The number of hydrogen-bond donors (Lipinski definition) is 3. The number of carbonyl (C=O) groups excluding carboxylic acids is 1. The fraction of sp³-hybridized carbons (Fsp3) is 0.412. The number of carboxylic acid groups (broad SMARTS) is 1. The molecule has 0 bridgehead atoms. The van der Waals surface area contributed by atoms with Crippen LogP contribution in [0.15, 0.2) is 18.3 Å². The van der Waals surface area contributed by atoms with Gasteiger partial charge >= 0.3 is 5.97 Å². The Labute approximate surface area is 144 Å². The van der Waals surface area contributed by atoms with Crippen molar-refractivity contribution in [2.75, 3.05) is 6.61 Å². The highest BCUT2D eigenvalue weighted by molar-refractivity contribution is 5.93. The predicted octanol–water partition coefficient (Wildman–Crippen LogP) is 0.564. The number of fused-ring (bicyclic) bond motifs is 1. The van der Waals surface area contributed by atoms with Crippen LogP contribution in [-0.2, 0) is 19.4 Å². The Morgan fingerprint density at radius 3 is 2.84 bits per heavy atom. The van der Waals surface area contributed by atoms with Crippen molar-refractivity contribution in [1.29, 1.82) is 0 Å². The van der Waals surface area contributed by atoms with Gasteiger partial charge in [-0.15, -0.1) is 0 Å². The Bertz CT molecular complexity index is 798. The fourth-order valence-electron chi connectivity index (χ4n) is 3.19. The monoisotopic (exact) mass is 344 g/mol. The van der Waals surface area contributed by atoms with Crippen molar-refractivity contribution < 1.29 is 19.8 Å². The van der Waals surface area contributed by atoms with Crippen molar-refractivity contribution in [1.82, 2.24) is 19.9 Å². The van der Waals surface area contributed by atoms with Crippen LogP contribution < -0.4 is 5.32 Å². The summed E-state index contributed by atoms with van der Waals surface area (Å²) in [6.45, 7) is 2.52. The highest BCUT2D eigenvalue weighted by atomic mass is 16.4. The molecule has 0 radical (unpaired) electrons. The first-order valence-electron chi connectivity index (χ1n) is 8.15. The molecule has 1 atom stereocenters. The van der Waals surface area contributed by atoms with Gasteiger partial charge < -0.3 is 20.1 Å². The Hall–Kier alpha value is -2.74. The number of rotatable bonds is 5. The average molecular weight is 344 g/mol. The van der Waals surface area contributed by atoms with Gasteiger partial charge in [-0.3, -0.25) is 9.78 Å². The Balaban J connectivity index is 1.67. The average Bonchev–Trinajstić information content (AvgIpc) is 2.90. The predicted molar refractivity (Wildman–Crippen MR) is 88.5 cm³/mol. The molecule has 0 saturated carbocycles. The van der Waals surface area contributed by atoms with E-state index in [2.05, 4.69) is 15.3 Å². The van der Waals surface area contributed by atoms with Crippen LogP contribution in [0.2, 0.25) is 0 Å². The van der Waals surface area contributed by atoms with E-state index in [1.807, 2.05) is 11.5 Å². The first kappa shape index (κ1) is 17.1. The van der Waals surface area contributed by atoms with E-state index in [0.717, 1.165) is 30.1 Å². The number of imidazole rings is 1. The summed E-state index contributed by atoms with van der Waals surface area (Å²) in [5, 5.41) is 21.0. The summed E-state index contributed by atoms with van der Waals surface area (Å²) in [6, 6.07) is 2.73. The molecule has 0 aliphatic heterocycles. The number of carboxylic acids is 1. The normalized spacial score (nSPS) is 16.3. The number of amides is 1. The summed E-state index contributed by atoms with van der Waals surface area (Å²) in [7, 11) is 0. The number of aliphatic hydroxyl groups excluding tert-OH is 1. The van der Waals surface area contributed by atoms with Gasteiger partial charge in [-0.05, 0) is 31.9 Å². The number of nitrogens with one attached hydrogen (secondary N) is 1. The van der Waals surface area contributed by atoms with E-state index in [4.69, 9.17) is 10.2 Å². The molecule has 0 fully saturated rings. The number of nitrogens with zero attached hydrogens (tertiary/aromatic N) is 3. The molecule has 8 heteroatoms. The maximum atomic E-state index is 12.3. The summed E-state index contributed by atoms with van der Waals surface area (Å²) in [6.07, 6.45) is 3.37. The van der Waals surface area contributed by atoms with Crippen LogP contribution >= 0.6 is 0 Å². The standard InChI is InChI=1S/C17H20N4O4/c1-10-19-14-8-12(3-5-15(14)21(10)6-7-22)20-16(23)13-4-2-11(9-18-13)17(24)25/h2,4,9,12,22H,3,5-8H2,1H3,(H,20,23)(H,24,25). The summed E-state index contributed by atoms with van der Waals surface area (Å²) < 4.78 is 2.03. The minimum atomic E-state index is -1.08. The second-order valence-electron chi connectivity index (χ2n) is 6.08. The summed E-state index contributed by atoms with van der Waals surface area (Å²) >= 11 is 0. The van der Waals surface area contributed by atoms with Gasteiger partial charge in [0, 0.05) is 30.9 Å². The number of aromatic carboxylic acids is 1. The zero-order valence-corrected chi connectivity index (χ0v) is 13.9. The third-order valence-electron chi connectivity index (χ3n) is 4.42. The van der Waals surface area contributed by atoms with E-state index in [1.165, 1.54) is 18.3 Å². The van der Waals surface area contributed by atoms with Crippen LogP contribution in [0.3, 0.4) is 0 Å². The van der Waals surface area contributed by atoms with Crippen LogP contribution in [-0.4, -0.2) is 49.3 Å². The lowest BCUT2D eigenvalue weighted by molar-refractivity contribution is 0.0695. The van der Waals surface area contributed by atoms with Crippen molar-refractivity contribution >= 4 is 11.9 Å². The van der Waals surface area contributed by atoms with Gasteiger partial charge in [0.25, 0.3) is 5.91 Å². The number of pyridine rings is 1. The van der Waals surface area contributed by atoms with Crippen LogP contribution in [0.5, 0.6) is 0 Å². The van der Waals surface area contributed by atoms with Crippen molar-refractivity contribution in [3.63, 3.8) is 0 Å². The molecular formula is C17H20N4O4. The van der Waals surface area contributed by atoms with E-state index in [1.54, 1.807) is 0 Å². The molecular weight excluding hydrogens is 324 g/mol. The molecule has 0 saturated heterocycles. The fourth-order valence-corrected chi connectivity index (χ4v) is 3.19. The van der Waals surface area contributed by atoms with Crippen molar-refractivity contribution in [2.24, 2.45) is 0 Å². The molecule has 2 heterocycles. The van der Waals surface area contributed by atoms with Gasteiger partial charge in [0.1, 0.15) is 11.5 Å². The number of carbonyl (C=O) groups is 2. The summed E-state index contributed by atoms with van der Waals surface area (Å²) in [4.78, 5) is 31.6. The maximum absolute atomic E-state index is 12.3. The molecule has 0 spiro atoms. The Morgan fingerprint density at radius 1 is 1.40 bits per heavy atom. The number of hydrogen-bond acceptors (Lipinski definition) is 5. The van der Waals surface area contributed by atoms with Gasteiger partial charge in [0.05, 0.1) is 17.9 Å². The van der Waals surface area contributed by atoms with Crippen molar-refractivity contribution in [2.45, 2.75) is 38.8 Å². The molecule has 0 aromatic carbocycles. The molecule has 8 nitrogen and oxygen atoms in total. The van der Waals surface area contributed by atoms with Gasteiger partial charge in [-0.25, -0.2) is 9.78 Å². The number of aliphatic hydroxyl groups is 1. The molecule has 1 amide bonds. The molecule has 2 aromatic rings. The van der Waals surface area contributed by atoms with E-state index in [-0.39, 0.29) is 29.8 Å². The quantitative estimate of drug-likeness (QED) is 0.730. The van der Waals surface area contributed by atoms with Crippen LogP contribution in [0.4, 0.5) is 0 Å². The minimum Gasteiger partial charge on any atom is -0.478 e. The largest absolute Gasteiger partial charge is 0.478 e. The van der Waals surface area contributed by atoms with Crippen LogP contribution in [0, 0.1) is 6.92 Å². The topological polar surface area (TPSA) is 117 Å². The summed E-state index contributed by atoms with van der Waals surface area (Å²) in [5.41, 5.74) is 2.32. The van der Waals surface area contributed by atoms with E-state index >= 15 is 0 Å². The third-order valence-corrected chi connectivity index (χ3v) is 4.42. The van der Waals surface area contributed by atoms with Crippen molar-refractivity contribution in [3.05, 3.63) is 46.8 Å². The van der Waals surface area contributed by atoms with Gasteiger partial charge in [0.2, 0.25) is 0 Å². The van der Waals surface area contributed by atoms with E-state index in [9.17, 15) is 9.59 Å². The maximum Gasteiger partial charge on any atom is 0.337 e. The molecule has 1 unspecified atom stereocenters. The minimum absolute atomic E-state index is 0.0437. The van der Waals surface area contributed by atoms with Gasteiger partial charge in [-0.1, -0.05) is 0 Å². The second kappa shape index (κ2) is 7.02. The van der Waals surface area contributed by atoms with E-state index < -0.39 is 5.97 Å². The zero-order valence-electron chi connectivity index (χ0n) is 13.9. The molecule has 1 aliphatic carbocycles. The van der Waals surface area contributed by atoms with Crippen LogP contribution in [0.25, 0.3) is 0 Å². The SMILES string of the molecule is Cc1nc2c(n1CCO)CCC(NC(=O)c1ccc(C(=O)O)cn1)C2. The highest BCUT2D eigenvalue weighted by Crippen LogP contribution is 2.22. The molecule has 3 rings (SSSR count). The van der Waals surface area contributed by atoms with Gasteiger partial charge in [-0.2, -0.15) is 0 Å². The number of aryl methyl sites for hydroxylation is 1. The Morgan fingerprint density at radius 2 is 2.20 bits per heavy atom. The van der Waals surface area contributed by atoms with Gasteiger partial charge in [0.15, 0.2) is 0 Å². The lowest BCUT2D eigenvalue weighted by Crippen LogP contribution is -2.39. The van der Waals surface area contributed by atoms with Crippen LogP contribution in [0.1, 0.15) is 44.5 Å². The molecule has 3 N–H and O–H groups in total. The highest BCUT2D eigenvalue weighted by Gasteiger charge is 2.26. The molecule has 1 aliphatic rings. The molecule has 132 valence electrons. The smallest absolute Gasteiger partial charge is 0.337 e. The molecule has 2 aromatic heterocycles. The zero-order chi connectivity index (χ0) is 18.0. The molecule has 25 heavy (non-hydrogen) atoms. The summed E-state index contributed by atoms with van der Waals surface area (Å²) in [5.74, 6) is -0.526. The second-order valence-corrected chi connectivity index (χ2v) is 6.08. The van der Waals surface area contributed by atoms with Crippen molar-refractivity contribution in [3.8, 4) is 0 Å². The lowest BCUT2D eigenvalue weighted by Gasteiger charge is -2.23. The first-order valence-corrected chi connectivity index (χ1v) is 8.15. The lowest BCUT2D eigenvalue weighted by atomic mass is 9.95. The van der Waals surface area contributed by atoms with E-state index in [0.29, 0.717) is 13.0 Å². The number of aromatic nitrogens is 3. The first-order chi connectivity index (χ1) is 12.0.